The van der Waals surface area contributed by atoms with E-state index < -0.39 is 29.9 Å². The van der Waals surface area contributed by atoms with E-state index in [0.717, 1.165) is 27.8 Å². The van der Waals surface area contributed by atoms with Crippen LogP contribution in [0.25, 0.3) is 16.7 Å². The number of carbonyl (C=O) groups excluding carboxylic acids is 2. The largest absolute Gasteiger partial charge is 1.00 e. The molecule has 1 amide bonds. The predicted octanol–water partition coefficient (Wildman–Crippen LogP) is -1.66. The standard InChI is InChI=1S/C26H25NO6.Na/c1-13-19(24(26(31)32)27-23(13)21(14(2)29)25(27)30)12-33-20-9-5-8-18-16(10-11-28)15-6-3-4-7-17(15)22(18)20;/h3-10,13-14,21,23,28-29H,11-12H2,1-2H3,(H,31,32);/q;+1/p-1/b16-10-;/t13-,14?,21?,23?;/m0./s1. The van der Waals surface area contributed by atoms with Gasteiger partial charge < -0.3 is 29.8 Å². The summed E-state index contributed by atoms with van der Waals surface area (Å²) in [6.45, 7) is 3.28. The van der Waals surface area contributed by atoms with Gasteiger partial charge in [0.1, 0.15) is 12.4 Å². The maximum Gasteiger partial charge on any atom is 1.00 e. The Labute approximate surface area is 219 Å². The van der Waals surface area contributed by atoms with Crippen molar-refractivity contribution < 1.29 is 59.2 Å². The number of aliphatic hydroxyl groups excluding tert-OH is 2. The second kappa shape index (κ2) is 9.32. The minimum atomic E-state index is -1.42. The fourth-order valence-electron chi connectivity index (χ4n) is 5.52. The molecule has 2 aromatic rings. The second-order valence-corrected chi connectivity index (χ2v) is 8.73. The molecule has 0 bridgehead atoms. The van der Waals surface area contributed by atoms with Crippen molar-refractivity contribution in [2.24, 2.45) is 11.8 Å². The number of hydrogen-bond acceptors (Lipinski definition) is 6. The van der Waals surface area contributed by atoms with Crippen molar-refractivity contribution >= 4 is 17.4 Å². The van der Waals surface area contributed by atoms with E-state index in [-0.39, 0.29) is 54.4 Å². The van der Waals surface area contributed by atoms with Crippen LogP contribution in [0.3, 0.4) is 0 Å². The molecule has 1 aliphatic carbocycles. The Bertz CT molecular complexity index is 1230. The normalized spacial score (nSPS) is 24.2. The zero-order valence-electron chi connectivity index (χ0n) is 19.3. The minimum Gasteiger partial charge on any atom is -0.543 e. The Morgan fingerprint density at radius 2 is 1.85 bits per heavy atom. The third kappa shape index (κ3) is 3.54. The number of aliphatic carboxylic acids is 1. The number of fused-ring (bicyclic) bond motifs is 4. The molecule has 1 fully saturated rings. The van der Waals surface area contributed by atoms with Crippen molar-refractivity contribution in [3.63, 3.8) is 0 Å². The van der Waals surface area contributed by atoms with Gasteiger partial charge in [0.05, 0.1) is 36.3 Å². The third-order valence-corrected chi connectivity index (χ3v) is 6.99. The maximum absolute atomic E-state index is 12.5. The van der Waals surface area contributed by atoms with E-state index in [1.165, 1.54) is 4.90 Å². The van der Waals surface area contributed by atoms with Crippen LogP contribution in [0.1, 0.15) is 25.0 Å². The van der Waals surface area contributed by atoms with Crippen LogP contribution in [0, 0.1) is 11.8 Å². The van der Waals surface area contributed by atoms with Gasteiger partial charge in [0.2, 0.25) is 5.91 Å². The van der Waals surface area contributed by atoms with E-state index in [1.807, 2.05) is 49.4 Å². The Morgan fingerprint density at radius 3 is 2.50 bits per heavy atom. The summed E-state index contributed by atoms with van der Waals surface area (Å²) in [6.07, 6.45) is 0.895. The molecular formula is C26H24NNaO6. The number of carboxylic acid groups (broad SMARTS) is 1. The first-order valence-electron chi connectivity index (χ1n) is 11.0. The van der Waals surface area contributed by atoms with Gasteiger partial charge in [-0.3, -0.25) is 4.79 Å². The number of carbonyl (C=O) groups is 2. The molecule has 34 heavy (non-hydrogen) atoms. The summed E-state index contributed by atoms with van der Waals surface area (Å²) in [7, 11) is 0. The van der Waals surface area contributed by atoms with Crippen LogP contribution < -0.4 is 39.4 Å². The fraction of sp³-hybridized carbons (Fsp3) is 0.308. The Balaban J connectivity index is 0.00000274. The topological polar surface area (TPSA) is 110 Å². The summed E-state index contributed by atoms with van der Waals surface area (Å²) in [5.41, 5.74) is 5.04. The van der Waals surface area contributed by atoms with Gasteiger partial charge in [0.15, 0.2) is 0 Å². The molecule has 8 heteroatoms. The first-order valence-corrected chi connectivity index (χ1v) is 11.0. The van der Waals surface area contributed by atoms with E-state index in [4.69, 9.17) is 4.74 Å². The Morgan fingerprint density at radius 1 is 1.18 bits per heavy atom. The fourth-order valence-corrected chi connectivity index (χ4v) is 5.52. The van der Waals surface area contributed by atoms with Crippen molar-refractivity contribution in [2.45, 2.75) is 26.0 Å². The molecule has 0 radical (unpaired) electrons. The molecule has 3 aliphatic rings. The van der Waals surface area contributed by atoms with Crippen LogP contribution in [0.4, 0.5) is 0 Å². The summed E-state index contributed by atoms with van der Waals surface area (Å²) >= 11 is 0. The van der Waals surface area contributed by atoms with Crippen LogP contribution in [0.2, 0.25) is 0 Å². The van der Waals surface area contributed by atoms with Gasteiger partial charge in [-0.25, -0.2) is 0 Å². The number of benzene rings is 2. The van der Waals surface area contributed by atoms with Crippen molar-refractivity contribution in [3.05, 3.63) is 70.9 Å². The van der Waals surface area contributed by atoms with Crippen LogP contribution in [0.15, 0.2) is 59.8 Å². The summed E-state index contributed by atoms with van der Waals surface area (Å²) in [5, 5.41) is 31.5. The van der Waals surface area contributed by atoms with Crippen LogP contribution in [-0.2, 0) is 9.59 Å². The van der Waals surface area contributed by atoms with Crippen molar-refractivity contribution in [2.75, 3.05) is 13.2 Å². The number of rotatable bonds is 6. The van der Waals surface area contributed by atoms with Gasteiger partial charge in [-0.15, -0.1) is 0 Å². The molecule has 2 heterocycles. The first-order chi connectivity index (χ1) is 15.9. The molecule has 0 spiro atoms. The van der Waals surface area contributed by atoms with Crippen molar-refractivity contribution in [1.29, 1.82) is 0 Å². The minimum absolute atomic E-state index is 0. The smallest absolute Gasteiger partial charge is 0.543 e. The maximum atomic E-state index is 12.5. The van der Waals surface area contributed by atoms with E-state index in [1.54, 1.807) is 13.0 Å². The SMILES string of the molecule is CC(O)C1C(=O)N2C(C(=O)[O-])=C(COc3cccc4c3-c3ccccc3/C4=C/CO)[C@H](C)C12.[Na+]. The number of hydrogen-bond donors (Lipinski definition) is 2. The summed E-state index contributed by atoms with van der Waals surface area (Å²) < 4.78 is 6.18. The second-order valence-electron chi connectivity index (χ2n) is 8.73. The summed E-state index contributed by atoms with van der Waals surface area (Å²) in [6, 6.07) is 13.1. The van der Waals surface area contributed by atoms with Gasteiger partial charge in [-0.2, -0.15) is 0 Å². The van der Waals surface area contributed by atoms with Crippen LogP contribution in [0.5, 0.6) is 5.75 Å². The third-order valence-electron chi connectivity index (χ3n) is 6.99. The number of aliphatic hydroxyl groups is 2. The number of amides is 1. The van der Waals surface area contributed by atoms with Gasteiger partial charge in [-0.1, -0.05) is 49.4 Å². The number of ether oxygens (including phenoxy) is 1. The van der Waals surface area contributed by atoms with Gasteiger partial charge in [0.25, 0.3) is 0 Å². The number of β-lactam (4-membered cyclic amide) rings is 1. The number of carboxylic acids is 1. The van der Waals surface area contributed by atoms with Crippen LogP contribution in [-0.4, -0.2) is 52.3 Å². The van der Waals surface area contributed by atoms with Gasteiger partial charge in [-0.05, 0) is 40.8 Å². The molecule has 170 valence electrons. The number of nitrogens with zero attached hydrogens (tertiary/aromatic N) is 1. The molecule has 2 N–H and O–H groups in total. The molecule has 5 rings (SSSR count). The molecule has 4 atom stereocenters. The Hall–Kier alpha value is -2.42. The van der Waals surface area contributed by atoms with E-state index in [9.17, 15) is 24.9 Å². The zero-order chi connectivity index (χ0) is 23.4. The molecule has 0 saturated carbocycles. The van der Waals surface area contributed by atoms with Gasteiger partial charge >= 0.3 is 29.6 Å². The van der Waals surface area contributed by atoms with Crippen LogP contribution >= 0.6 is 0 Å². The molecule has 3 unspecified atom stereocenters. The summed E-state index contributed by atoms with van der Waals surface area (Å²) in [5.74, 6) is -2.15. The molecule has 7 nitrogen and oxygen atoms in total. The molecule has 2 aliphatic heterocycles. The van der Waals surface area contributed by atoms with Crippen molar-refractivity contribution in [3.8, 4) is 16.9 Å². The average molecular weight is 469 g/mol. The molecule has 2 aromatic carbocycles. The average Bonchev–Trinajstić information content (AvgIpc) is 3.23. The summed E-state index contributed by atoms with van der Waals surface area (Å²) in [4.78, 5) is 25.7. The van der Waals surface area contributed by atoms with Gasteiger partial charge in [0, 0.05) is 11.5 Å². The van der Waals surface area contributed by atoms with Crippen molar-refractivity contribution in [1.82, 2.24) is 4.90 Å². The quantitative estimate of drug-likeness (QED) is 0.330. The van der Waals surface area contributed by atoms with E-state index in [0.29, 0.717) is 11.3 Å². The monoisotopic (exact) mass is 469 g/mol. The Kier molecular flexibility index (Phi) is 6.77. The first kappa shape index (κ1) is 24.7. The molecule has 1 saturated heterocycles. The van der Waals surface area contributed by atoms with E-state index >= 15 is 0 Å². The predicted molar refractivity (Wildman–Crippen MR) is 119 cm³/mol. The van der Waals surface area contributed by atoms with E-state index in [2.05, 4.69) is 0 Å². The molecular weight excluding hydrogens is 445 g/mol. The molecule has 0 aromatic heterocycles. The zero-order valence-corrected chi connectivity index (χ0v) is 21.3.